The topological polar surface area (TPSA) is 221 Å². The number of fused-ring (bicyclic) bond motifs is 4. The monoisotopic (exact) mass is 1100 g/mol. The highest BCUT2D eigenvalue weighted by Crippen LogP contribution is 2.38. The van der Waals surface area contributed by atoms with Gasteiger partial charge < -0.3 is 29.9 Å². The summed E-state index contributed by atoms with van der Waals surface area (Å²) in [7, 11) is 0. The molecule has 2 aliphatic heterocycles. The first kappa shape index (κ1) is 52.5. The highest BCUT2D eigenvalue weighted by atomic mass is 19.1. The molecule has 0 aliphatic carbocycles. The Morgan fingerprint density at radius 2 is 1.16 bits per heavy atom. The number of aromatic nitrogens is 12. The molecule has 2 atom stereocenters. The molecule has 2 saturated heterocycles. The van der Waals surface area contributed by atoms with Gasteiger partial charge in [0.2, 0.25) is 0 Å². The number of nitrogens with one attached hydrogen (secondary N) is 2. The summed E-state index contributed by atoms with van der Waals surface area (Å²) >= 11 is 0. The summed E-state index contributed by atoms with van der Waals surface area (Å²) < 4.78 is 50.5. The standard InChI is InChI=1S/C60H52F2N16O4/c1-4-8-53(79)75-24-6-10-37(20-26-75)42-12-14-46-57(70-42)59(66-33-63-46)72-45-17-19-49(82-40-23-29-78-52(31-40)65-35-68-78)41(56(45)62)32-50-69-47-15-13-43(38-11-7-25-76(27-21-38)54(80)9-5-2)71-58(47)60(74-50)73-44-16-18-48(36(3)55(44)61)81-39-22-28-77-51(30-39)64-34-67-77/h12-19,22-23,28-31,33-35,37-38H,6-7,10-11,20-21,24-27,32H2,1-3H3,(H,63,66,72)(H,69,73,74)/t37-,38-/m1/s1. The Morgan fingerprint density at radius 1 is 0.598 bits per heavy atom. The lowest BCUT2D eigenvalue weighted by molar-refractivity contribution is -0.125. The molecule has 20 nitrogen and oxygen atoms in total. The Labute approximate surface area is 468 Å². The summed E-state index contributed by atoms with van der Waals surface area (Å²) in [6.07, 6.45) is 11.9. The smallest absolute Gasteiger partial charge is 0.298 e. The molecule has 0 bridgehead atoms. The molecule has 0 unspecified atom stereocenters. The van der Waals surface area contributed by atoms with Gasteiger partial charge in [0.15, 0.2) is 34.6 Å². The van der Waals surface area contributed by atoms with Gasteiger partial charge in [-0.15, -0.1) is 0 Å². The van der Waals surface area contributed by atoms with Crippen LogP contribution in [-0.4, -0.2) is 107 Å². The van der Waals surface area contributed by atoms with E-state index < -0.39 is 11.6 Å². The minimum atomic E-state index is -0.689. The van der Waals surface area contributed by atoms with Crippen LogP contribution in [0.3, 0.4) is 0 Å². The molecular formula is C60H52F2N16O4. The molecule has 0 radical (unpaired) electrons. The third-order valence-electron chi connectivity index (χ3n) is 14.8. The fourth-order valence-corrected chi connectivity index (χ4v) is 10.5. The number of nitrogens with zero attached hydrogens (tertiary/aromatic N) is 14. The second-order valence-corrected chi connectivity index (χ2v) is 19.9. The van der Waals surface area contributed by atoms with Gasteiger partial charge in [-0.05, 0) is 132 Å². The minimum absolute atomic E-state index is 0.0210. The summed E-state index contributed by atoms with van der Waals surface area (Å²) in [6.45, 7) is 7.15. The van der Waals surface area contributed by atoms with E-state index in [1.54, 1.807) is 101 Å². The van der Waals surface area contributed by atoms with Crippen molar-refractivity contribution in [2.24, 2.45) is 0 Å². The number of ether oxygens (including phenoxy) is 2. The average molecular weight is 1100 g/mol. The second-order valence-electron chi connectivity index (χ2n) is 19.9. The van der Waals surface area contributed by atoms with Crippen molar-refractivity contribution >= 4 is 68.2 Å². The van der Waals surface area contributed by atoms with Crippen molar-refractivity contribution in [3.05, 3.63) is 144 Å². The zero-order valence-corrected chi connectivity index (χ0v) is 44.9. The Bertz CT molecular complexity index is 4260. The van der Waals surface area contributed by atoms with Crippen LogP contribution in [0.2, 0.25) is 0 Å². The lowest BCUT2D eigenvalue weighted by Gasteiger charge is -2.19. The van der Waals surface area contributed by atoms with Crippen LogP contribution in [0, 0.1) is 42.2 Å². The molecule has 410 valence electrons. The predicted molar refractivity (Wildman–Crippen MR) is 301 cm³/mol. The van der Waals surface area contributed by atoms with Gasteiger partial charge >= 0.3 is 0 Å². The highest BCUT2D eigenvalue weighted by molar-refractivity contribution is 5.94. The van der Waals surface area contributed by atoms with Crippen LogP contribution in [0.25, 0.3) is 33.4 Å². The van der Waals surface area contributed by atoms with Crippen LogP contribution in [0.4, 0.5) is 31.8 Å². The molecule has 2 N–H and O–H groups in total. The molecule has 2 aliphatic rings. The van der Waals surface area contributed by atoms with Gasteiger partial charge in [-0.1, -0.05) is 11.8 Å². The second kappa shape index (κ2) is 22.9. The van der Waals surface area contributed by atoms with E-state index in [1.807, 2.05) is 24.3 Å². The first-order valence-electron chi connectivity index (χ1n) is 26.9. The fraction of sp³-hybridized carbons (Fsp3) is 0.267. The van der Waals surface area contributed by atoms with Crippen molar-refractivity contribution in [2.75, 3.05) is 36.8 Å². The minimum Gasteiger partial charge on any atom is -0.457 e. The Hall–Kier alpha value is -10.2. The molecule has 0 spiro atoms. The van der Waals surface area contributed by atoms with E-state index in [9.17, 15) is 9.59 Å². The summed E-state index contributed by atoms with van der Waals surface area (Å²) in [4.78, 5) is 66.8. The zero-order chi connectivity index (χ0) is 56.3. The van der Waals surface area contributed by atoms with E-state index in [1.165, 1.54) is 19.0 Å². The fourth-order valence-electron chi connectivity index (χ4n) is 10.5. The van der Waals surface area contributed by atoms with Gasteiger partial charge in [-0.25, -0.2) is 57.7 Å². The molecule has 22 heteroatoms. The largest absolute Gasteiger partial charge is 0.457 e. The number of halogens is 2. The van der Waals surface area contributed by atoms with Gasteiger partial charge in [-0.3, -0.25) is 9.59 Å². The van der Waals surface area contributed by atoms with Crippen molar-refractivity contribution in [3.63, 3.8) is 0 Å². The number of carbonyl (C=O) groups is 2. The first-order chi connectivity index (χ1) is 40.0. The maximum atomic E-state index is 17.8. The summed E-state index contributed by atoms with van der Waals surface area (Å²) in [5, 5.41) is 14.8. The van der Waals surface area contributed by atoms with Crippen LogP contribution >= 0.6 is 0 Å². The molecule has 0 saturated carbocycles. The quantitative estimate of drug-likeness (QED) is 0.109. The number of carbonyl (C=O) groups excluding carboxylic acids is 2. The summed E-state index contributed by atoms with van der Waals surface area (Å²) in [5.41, 5.74) is 4.82. The van der Waals surface area contributed by atoms with Gasteiger partial charge in [-0.2, -0.15) is 10.2 Å². The highest BCUT2D eigenvalue weighted by Gasteiger charge is 2.27. The lowest BCUT2D eigenvalue weighted by atomic mass is 9.96. The Kier molecular flexibility index (Phi) is 14.6. The van der Waals surface area contributed by atoms with E-state index >= 15 is 8.78 Å². The number of likely N-dealkylation sites (tertiary alicyclic amines) is 2. The number of hydrogen-bond donors (Lipinski definition) is 2. The van der Waals surface area contributed by atoms with E-state index in [0.29, 0.717) is 83.9 Å². The lowest BCUT2D eigenvalue weighted by Crippen LogP contribution is -2.30. The normalized spacial score (nSPS) is 15.5. The molecular weight excluding hydrogens is 1050 g/mol. The number of hydrogen-bond acceptors (Lipinski definition) is 16. The predicted octanol–water partition coefficient (Wildman–Crippen LogP) is 9.94. The zero-order valence-electron chi connectivity index (χ0n) is 44.9. The van der Waals surface area contributed by atoms with Gasteiger partial charge in [0.1, 0.15) is 58.8 Å². The van der Waals surface area contributed by atoms with Crippen LogP contribution in [0.15, 0.2) is 104 Å². The van der Waals surface area contributed by atoms with Crippen molar-refractivity contribution in [3.8, 4) is 46.7 Å². The van der Waals surface area contributed by atoms with Crippen LogP contribution in [0.5, 0.6) is 23.0 Å². The van der Waals surface area contributed by atoms with Crippen molar-refractivity contribution < 1.29 is 27.8 Å². The number of rotatable bonds is 12. The number of anilines is 4. The number of amides is 2. The SMILES string of the molecule is CC#CC(=O)N1CCC[C@@H](c2ccc3nc(Cc4c(Oc5ccn6ncnc6c5)ccc(Nc5ncnc6ccc([C@@H]7CCCN(C(=O)C#CC)CC7)nc56)c4F)nc(Nc4ccc(Oc5ccn6ncnc6c5)c(C)c4F)c3n2)CC1. The Balaban J connectivity index is 0.912. The third-order valence-corrected chi connectivity index (χ3v) is 14.8. The van der Waals surface area contributed by atoms with Crippen molar-refractivity contribution in [1.82, 2.24) is 68.9 Å². The van der Waals surface area contributed by atoms with Crippen LogP contribution < -0.4 is 20.1 Å². The summed E-state index contributed by atoms with van der Waals surface area (Å²) in [6, 6.07) is 20.8. The van der Waals surface area contributed by atoms with Crippen LogP contribution in [0.1, 0.15) is 92.5 Å². The van der Waals surface area contributed by atoms with Crippen LogP contribution in [-0.2, 0) is 16.0 Å². The third kappa shape index (κ3) is 10.9. The maximum Gasteiger partial charge on any atom is 0.298 e. The first-order valence-corrected chi connectivity index (χ1v) is 26.9. The van der Waals surface area contributed by atoms with Gasteiger partial charge in [0.25, 0.3) is 11.8 Å². The Morgan fingerprint density at radius 3 is 1.78 bits per heavy atom. The van der Waals surface area contributed by atoms with E-state index in [2.05, 4.69) is 64.4 Å². The molecule has 82 heavy (non-hydrogen) atoms. The molecule has 2 amide bonds. The van der Waals surface area contributed by atoms with E-state index in [4.69, 9.17) is 29.4 Å². The maximum absolute atomic E-state index is 17.8. The molecule has 10 heterocycles. The number of pyridine rings is 4. The van der Waals surface area contributed by atoms with E-state index in [0.717, 1.165) is 37.1 Å². The molecule has 8 aromatic heterocycles. The van der Waals surface area contributed by atoms with Gasteiger partial charge in [0, 0.05) is 91.5 Å². The number of benzene rings is 2. The molecule has 2 fully saturated rings. The van der Waals surface area contributed by atoms with E-state index in [-0.39, 0.29) is 81.5 Å². The van der Waals surface area contributed by atoms with Crippen molar-refractivity contribution in [2.45, 2.75) is 77.6 Å². The molecule has 10 aromatic rings. The molecule has 2 aromatic carbocycles. The summed E-state index contributed by atoms with van der Waals surface area (Å²) in [5.74, 6) is 10.9. The van der Waals surface area contributed by atoms with Gasteiger partial charge in [0.05, 0.1) is 22.4 Å². The molecule has 12 rings (SSSR count). The average Bonchev–Trinajstić information content (AvgIpc) is 4.03. The van der Waals surface area contributed by atoms with Crippen molar-refractivity contribution in [1.29, 1.82) is 0 Å².